The van der Waals surface area contributed by atoms with Crippen molar-refractivity contribution in [3.8, 4) is 5.75 Å². The number of fused-ring (bicyclic) bond motifs is 6. The molecule has 5 atom stereocenters. The van der Waals surface area contributed by atoms with Gasteiger partial charge in [-0.15, -0.1) is 0 Å². The highest BCUT2D eigenvalue weighted by molar-refractivity contribution is 7.90. The highest BCUT2D eigenvalue weighted by Gasteiger charge is 2.42. The topological polar surface area (TPSA) is 94.2 Å². The number of ether oxygens (including phenoxy) is 3. The number of aryl methyl sites for hydroxylation is 1. The van der Waals surface area contributed by atoms with E-state index < -0.39 is 15.9 Å². The Kier molecular flexibility index (Phi) is 8.50. The molecule has 1 amide bonds. The molecule has 222 valence electrons. The Morgan fingerprint density at radius 3 is 2.73 bits per heavy atom. The van der Waals surface area contributed by atoms with Gasteiger partial charge in [0.2, 0.25) is 10.0 Å². The third-order valence-electron chi connectivity index (χ3n) is 9.25. The van der Waals surface area contributed by atoms with E-state index in [0.717, 1.165) is 67.9 Å². The first-order valence-electron chi connectivity index (χ1n) is 14.8. The van der Waals surface area contributed by atoms with Crippen LogP contribution in [0.3, 0.4) is 0 Å². The van der Waals surface area contributed by atoms with E-state index in [1.807, 2.05) is 18.2 Å². The number of sulfonamides is 1. The standard InChI is InChI=1S/C31H39ClN2O6S/c1-20-18-39-30-16-29(20)38-12-13-41(36,37)33-31(35)22-7-10-28-27(15-22)34(17-23-6-9-26(23)30)11-3-2-4-21-14-25(32)8-5-24(21)19-40-28/h5,7-8,10,14-15,20,23,26,29-30H,2-4,6,9,11-13,16-19H2,1H3,(H,33,35)/t20-,23-,26+,29+,30-/m0/s1. The number of benzene rings is 2. The Bertz CT molecular complexity index is 1380. The van der Waals surface area contributed by atoms with Crippen molar-refractivity contribution < 1.29 is 27.4 Å². The highest BCUT2D eigenvalue weighted by Crippen LogP contribution is 2.44. The molecule has 1 saturated carbocycles. The molecule has 3 aliphatic heterocycles. The van der Waals surface area contributed by atoms with Crippen LogP contribution in [0.1, 0.15) is 60.5 Å². The quantitative estimate of drug-likeness (QED) is 0.455. The summed E-state index contributed by atoms with van der Waals surface area (Å²) < 4.78 is 46.7. The maximum atomic E-state index is 13.2. The summed E-state index contributed by atoms with van der Waals surface area (Å²) in [7, 11) is -3.87. The van der Waals surface area contributed by atoms with Gasteiger partial charge in [0.05, 0.1) is 36.9 Å². The number of anilines is 1. The smallest absolute Gasteiger partial charge is 0.264 e. The zero-order valence-electron chi connectivity index (χ0n) is 23.5. The Morgan fingerprint density at radius 2 is 1.90 bits per heavy atom. The maximum Gasteiger partial charge on any atom is 0.264 e. The summed E-state index contributed by atoms with van der Waals surface area (Å²) in [6.07, 6.45) is 5.91. The van der Waals surface area contributed by atoms with Crippen LogP contribution in [-0.2, 0) is 32.5 Å². The molecule has 8 nitrogen and oxygen atoms in total. The van der Waals surface area contributed by atoms with Crippen LogP contribution >= 0.6 is 11.6 Å². The molecule has 6 rings (SSSR count). The number of hydrogen-bond acceptors (Lipinski definition) is 7. The second-order valence-corrected chi connectivity index (χ2v) is 14.3. The summed E-state index contributed by atoms with van der Waals surface area (Å²) in [5.74, 6) is 0.823. The molecule has 1 saturated heterocycles. The molecule has 2 fully saturated rings. The Labute approximate surface area is 247 Å². The summed E-state index contributed by atoms with van der Waals surface area (Å²) in [6.45, 7) is 4.74. The highest BCUT2D eigenvalue weighted by atomic mass is 35.5. The van der Waals surface area contributed by atoms with Crippen LogP contribution in [0.25, 0.3) is 0 Å². The van der Waals surface area contributed by atoms with Crippen molar-refractivity contribution in [2.24, 2.45) is 17.8 Å². The van der Waals surface area contributed by atoms with E-state index in [1.165, 1.54) is 5.56 Å². The Balaban J connectivity index is 1.35. The number of carbonyl (C=O) groups is 1. The van der Waals surface area contributed by atoms with E-state index in [4.69, 9.17) is 25.8 Å². The minimum absolute atomic E-state index is 0.0386. The second-order valence-electron chi connectivity index (χ2n) is 12.0. The number of nitrogens with zero attached hydrogens (tertiary/aromatic N) is 1. The van der Waals surface area contributed by atoms with Gasteiger partial charge in [0, 0.05) is 36.0 Å². The van der Waals surface area contributed by atoms with Gasteiger partial charge in [-0.05, 0) is 85.4 Å². The average molecular weight is 603 g/mol. The number of nitrogens with one attached hydrogen (secondary N) is 1. The molecule has 4 bridgehead atoms. The molecule has 1 N–H and O–H groups in total. The largest absolute Gasteiger partial charge is 0.487 e. The fourth-order valence-corrected chi connectivity index (χ4v) is 7.69. The van der Waals surface area contributed by atoms with Crippen LogP contribution in [0.15, 0.2) is 36.4 Å². The van der Waals surface area contributed by atoms with Gasteiger partial charge in [-0.1, -0.05) is 24.6 Å². The molecular weight excluding hydrogens is 564 g/mol. The van der Waals surface area contributed by atoms with E-state index >= 15 is 0 Å². The third-order valence-corrected chi connectivity index (χ3v) is 10.7. The minimum atomic E-state index is -3.87. The van der Waals surface area contributed by atoms with Crippen molar-refractivity contribution in [2.75, 3.05) is 37.0 Å². The molecule has 41 heavy (non-hydrogen) atoms. The van der Waals surface area contributed by atoms with Crippen molar-refractivity contribution in [3.63, 3.8) is 0 Å². The zero-order chi connectivity index (χ0) is 28.6. The van der Waals surface area contributed by atoms with Crippen molar-refractivity contribution in [1.29, 1.82) is 0 Å². The molecule has 0 unspecified atom stereocenters. The fraction of sp³-hybridized carbons (Fsp3) is 0.581. The van der Waals surface area contributed by atoms with E-state index in [9.17, 15) is 13.2 Å². The monoisotopic (exact) mass is 602 g/mol. The van der Waals surface area contributed by atoms with Gasteiger partial charge in [0.1, 0.15) is 12.4 Å². The molecule has 0 aromatic heterocycles. The van der Waals surface area contributed by atoms with E-state index in [0.29, 0.717) is 30.8 Å². The number of carbonyl (C=O) groups excluding carboxylic acids is 1. The fourth-order valence-electron chi connectivity index (χ4n) is 6.68. The molecular formula is C31H39ClN2O6S. The van der Waals surface area contributed by atoms with Gasteiger partial charge in [0.25, 0.3) is 5.91 Å². The maximum absolute atomic E-state index is 13.2. The lowest BCUT2D eigenvalue weighted by Crippen LogP contribution is -2.49. The van der Waals surface area contributed by atoms with Crippen LogP contribution in [0.4, 0.5) is 5.69 Å². The van der Waals surface area contributed by atoms with Crippen LogP contribution < -0.4 is 14.4 Å². The van der Waals surface area contributed by atoms with Crippen LogP contribution in [-0.4, -0.2) is 58.6 Å². The summed E-state index contributed by atoms with van der Waals surface area (Å²) in [5.41, 5.74) is 3.40. The third kappa shape index (κ3) is 6.53. The molecule has 2 aromatic rings. The van der Waals surface area contributed by atoms with Crippen LogP contribution in [0.5, 0.6) is 5.75 Å². The molecule has 0 radical (unpaired) electrons. The van der Waals surface area contributed by atoms with E-state index in [-0.39, 0.29) is 36.0 Å². The Hall–Kier alpha value is -2.33. The molecule has 3 heterocycles. The molecule has 1 aliphatic carbocycles. The first-order chi connectivity index (χ1) is 19.8. The predicted octanol–water partition coefficient (Wildman–Crippen LogP) is 4.97. The lowest BCUT2D eigenvalue weighted by Gasteiger charge is -2.47. The number of amides is 1. The Morgan fingerprint density at radius 1 is 1.02 bits per heavy atom. The van der Waals surface area contributed by atoms with Crippen molar-refractivity contribution in [2.45, 2.75) is 64.3 Å². The summed E-state index contributed by atoms with van der Waals surface area (Å²) >= 11 is 6.31. The lowest BCUT2D eigenvalue weighted by molar-refractivity contribution is -0.139. The molecule has 2 aromatic carbocycles. The van der Waals surface area contributed by atoms with Gasteiger partial charge in [0.15, 0.2) is 0 Å². The van der Waals surface area contributed by atoms with Crippen molar-refractivity contribution >= 4 is 33.2 Å². The van der Waals surface area contributed by atoms with Crippen LogP contribution in [0, 0.1) is 17.8 Å². The normalized spacial score (nSPS) is 30.3. The van der Waals surface area contributed by atoms with Gasteiger partial charge in [-0.2, -0.15) is 0 Å². The van der Waals surface area contributed by atoms with Gasteiger partial charge >= 0.3 is 0 Å². The number of rotatable bonds is 0. The van der Waals surface area contributed by atoms with Crippen molar-refractivity contribution in [1.82, 2.24) is 4.72 Å². The summed E-state index contributed by atoms with van der Waals surface area (Å²) in [5, 5.41) is 0.721. The lowest BCUT2D eigenvalue weighted by atomic mass is 9.68. The molecule has 10 heteroatoms. The van der Waals surface area contributed by atoms with Gasteiger partial charge in [-0.25, -0.2) is 13.1 Å². The first kappa shape index (κ1) is 28.8. The SMILES string of the molecule is C[C@H]1CO[C@H]2C[C@H]1OCCS(=O)(=O)NC(=O)c1ccc3c(c1)N(CCCCc1cc(Cl)ccc1CO3)C[C@@H]1CC[C@H]12. The second kappa shape index (κ2) is 12.1. The predicted molar refractivity (Wildman–Crippen MR) is 158 cm³/mol. The van der Waals surface area contributed by atoms with Gasteiger partial charge < -0.3 is 19.1 Å². The average Bonchev–Trinajstić information content (AvgIpc) is 2.95. The number of halogens is 1. The molecule has 4 aliphatic rings. The minimum Gasteiger partial charge on any atom is -0.487 e. The van der Waals surface area contributed by atoms with Gasteiger partial charge in [-0.3, -0.25) is 4.79 Å². The number of hydrogen-bond donors (Lipinski definition) is 1. The zero-order valence-corrected chi connectivity index (χ0v) is 25.1. The summed E-state index contributed by atoms with van der Waals surface area (Å²) in [4.78, 5) is 15.5. The first-order valence-corrected chi connectivity index (χ1v) is 16.9. The van der Waals surface area contributed by atoms with Crippen LogP contribution in [0.2, 0.25) is 5.02 Å². The molecule has 0 spiro atoms. The van der Waals surface area contributed by atoms with Crippen molar-refractivity contribution in [3.05, 3.63) is 58.1 Å². The summed E-state index contributed by atoms with van der Waals surface area (Å²) in [6, 6.07) is 11.1. The van der Waals surface area contributed by atoms with E-state index in [2.05, 4.69) is 16.5 Å². The van der Waals surface area contributed by atoms with E-state index in [1.54, 1.807) is 18.2 Å².